The second kappa shape index (κ2) is 8.47. The van der Waals surface area contributed by atoms with Crippen LogP contribution in [0.2, 0.25) is 0 Å². The number of hydrogen-bond donors (Lipinski definition) is 2. The molecule has 28 heavy (non-hydrogen) atoms. The Balaban J connectivity index is 1.76. The summed E-state index contributed by atoms with van der Waals surface area (Å²) < 4.78 is 28.2. The maximum atomic E-state index is 12.6. The summed E-state index contributed by atoms with van der Waals surface area (Å²) in [6.45, 7) is 0.0330. The largest absolute Gasteiger partial charge is 0.320 e. The lowest BCUT2D eigenvalue weighted by Gasteiger charge is -2.11. The molecule has 1 aromatic heterocycles. The van der Waals surface area contributed by atoms with Crippen LogP contribution in [0.1, 0.15) is 16.8 Å². The number of nitriles is 1. The fourth-order valence-corrected chi connectivity index (χ4v) is 3.53. The molecule has 9 heteroatoms. The summed E-state index contributed by atoms with van der Waals surface area (Å²) in [5.41, 5.74) is 1.60. The number of carbonyl (C=O) groups excluding carboxylic acids is 1. The number of benzene rings is 2. The van der Waals surface area contributed by atoms with E-state index in [2.05, 4.69) is 15.1 Å². The zero-order valence-electron chi connectivity index (χ0n) is 14.7. The van der Waals surface area contributed by atoms with E-state index < -0.39 is 10.0 Å². The minimum atomic E-state index is -3.71. The SMILES string of the molecule is N#CCCNS(=O)(=O)c1ccc(C(=O)Nc2ccccc2-n2cccn2)cc1. The molecule has 0 atom stereocenters. The lowest BCUT2D eigenvalue weighted by molar-refractivity contribution is 0.102. The highest BCUT2D eigenvalue weighted by molar-refractivity contribution is 7.89. The Hall–Kier alpha value is -3.48. The molecular weight excluding hydrogens is 378 g/mol. The Bertz CT molecular complexity index is 1100. The van der Waals surface area contributed by atoms with Crippen LogP contribution >= 0.6 is 0 Å². The molecule has 0 saturated carbocycles. The molecule has 1 amide bonds. The van der Waals surface area contributed by atoms with Crippen molar-refractivity contribution in [2.75, 3.05) is 11.9 Å². The number of sulfonamides is 1. The van der Waals surface area contributed by atoms with E-state index in [0.717, 1.165) is 0 Å². The number of para-hydroxylation sites is 2. The zero-order valence-corrected chi connectivity index (χ0v) is 15.6. The van der Waals surface area contributed by atoms with Gasteiger partial charge in [-0.25, -0.2) is 17.8 Å². The monoisotopic (exact) mass is 395 g/mol. The highest BCUT2D eigenvalue weighted by Crippen LogP contribution is 2.20. The quantitative estimate of drug-likeness (QED) is 0.596. The molecule has 0 unspecified atom stereocenters. The van der Waals surface area contributed by atoms with Gasteiger partial charge in [0.25, 0.3) is 5.91 Å². The van der Waals surface area contributed by atoms with Gasteiger partial charge in [-0.15, -0.1) is 0 Å². The third-order valence-electron chi connectivity index (χ3n) is 3.86. The van der Waals surface area contributed by atoms with Crippen molar-refractivity contribution in [3.05, 3.63) is 72.6 Å². The van der Waals surface area contributed by atoms with E-state index in [0.29, 0.717) is 16.9 Å². The Morgan fingerprint density at radius 2 is 1.86 bits per heavy atom. The number of anilines is 1. The van der Waals surface area contributed by atoms with Gasteiger partial charge in [-0.2, -0.15) is 10.4 Å². The number of rotatable bonds is 7. The van der Waals surface area contributed by atoms with Gasteiger partial charge in [0, 0.05) is 30.9 Å². The molecule has 3 aromatic rings. The van der Waals surface area contributed by atoms with Gasteiger partial charge in [0.15, 0.2) is 0 Å². The fourth-order valence-electron chi connectivity index (χ4n) is 2.50. The Morgan fingerprint density at radius 3 is 2.54 bits per heavy atom. The molecule has 1 heterocycles. The molecule has 0 spiro atoms. The Kier molecular flexibility index (Phi) is 5.84. The standard InChI is InChI=1S/C19H17N5O3S/c20-11-3-13-22-28(26,27)16-9-7-15(8-10-16)19(25)23-17-5-1-2-6-18(17)24-14-4-12-21-24/h1-2,4-10,12,14,22H,3,13H2,(H,23,25). The van der Waals surface area contributed by atoms with E-state index in [1.165, 1.54) is 24.3 Å². The first kappa shape index (κ1) is 19.3. The maximum Gasteiger partial charge on any atom is 0.255 e. The summed E-state index contributed by atoms with van der Waals surface area (Å²) in [5, 5.41) is 15.5. The fraction of sp³-hybridized carbons (Fsp3) is 0.105. The predicted octanol–water partition coefficient (Wildman–Crippen LogP) is 2.32. The molecule has 0 radical (unpaired) electrons. The van der Waals surface area contributed by atoms with Crippen LogP contribution in [0.4, 0.5) is 5.69 Å². The van der Waals surface area contributed by atoms with Crippen LogP contribution in [0.25, 0.3) is 5.69 Å². The van der Waals surface area contributed by atoms with Gasteiger partial charge in [-0.3, -0.25) is 4.79 Å². The number of nitrogens with one attached hydrogen (secondary N) is 2. The van der Waals surface area contributed by atoms with Crippen LogP contribution in [-0.4, -0.2) is 30.7 Å². The van der Waals surface area contributed by atoms with Gasteiger partial charge in [0.2, 0.25) is 10.0 Å². The van der Waals surface area contributed by atoms with Crippen molar-refractivity contribution in [3.63, 3.8) is 0 Å². The summed E-state index contributed by atoms with van der Waals surface area (Å²) in [6, 6.07) is 16.4. The number of carbonyl (C=O) groups is 1. The first-order valence-corrected chi connectivity index (χ1v) is 9.86. The lowest BCUT2D eigenvalue weighted by atomic mass is 10.2. The Morgan fingerprint density at radius 1 is 1.11 bits per heavy atom. The van der Waals surface area contributed by atoms with Crippen LogP contribution in [0, 0.1) is 11.3 Å². The van der Waals surface area contributed by atoms with Gasteiger partial charge in [0.1, 0.15) is 0 Å². The van der Waals surface area contributed by atoms with Crippen molar-refractivity contribution < 1.29 is 13.2 Å². The summed E-state index contributed by atoms with van der Waals surface area (Å²) in [5.74, 6) is -0.374. The van der Waals surface area contributed by atoms with E-state index in [1.54, 1.807) is 35.3 Å². The van der Waals surface area contributed by atoms with Crippen molar-refractivity contribution >= 4 is 21.6 Å². The minimum absolute atomic E-state index is 0.0268. The number of hydrogen-bond acceptors (Lipinski definition) is 5. The van der Waals surface area contributed by atoms with Gasteiger partial charge in [-0.05, 0) is 42.5 Å². The molecular formula is C19H17N5O3S. The summed E-state index contributed by atoms with van der Waals surface area (Å²) in [4.78, 5) is 12.6. The lowest BCUT2D eigenvalue weighted by Crippen LogP contribution is -2.24. The van der Waals surface area contributed by atoms with Gasteiger partial charge < -0.3 is 5.32 Å². The molecule has 0 fully saturated rings. The van der Waals surface area contributed by atoms with Gasteiger partial charge in [0.05, 0.1) is 22.3 Å². The van der Waals surface area contributed by atoms with Crippen molar-refractivity contribution in [2.24, 2.45) is 0 Å². The smallest absolute Gasteiger partial charge is 0.255 e. The number of nitrogens with zero attached hydrogens (tertiary/aromatic N) is 3. The van der Waals surface area contributed by atoms with Crippen LogP contribution in [-0.2, 0) is 10.0 Å². The van der Waals surface area contributed by atoms with E-state index in [4.69, 9.17) is 5.26 Å². The maximum absolute atomic E-state index is 12.6. The average Bonchev–Trinajstić information content (AvgIpc) is 3.23. The highest BCUT2D eigenvalue weighted by Gasteiger charge is 2.15. The molecule has 2 aromatic carbocycles. The molecule has 3 rings (SSSR count). The third-order valence-corrected chi connectivity index (χ3v) is 5.34. The van der Waals surface area contributed by atoms with Crippen LogP contribution < -0.4 is 10.0 Å². The van der Waals surface area contributed by atoms with Crippen molar-refractivity contribution in [1.82, 2.24) is 14.5 Å². The van der Waals surface area contributed by atoms with Crippen LogP contribution in [0.5, 0.6) is 0 Å². The van der Waals surface area contributed by atoms with Crippen LogP contribution in [0.15, 0.2) is 71.9 Å². The van der Waals surface area contributed by atoms with Gasteiger partial charge in [-0.1, -0.05) is 12.1 Å². The van der Waals surface area contributed by atoms with E-state index in [1.807, 2.05) is 18.2 Å². The highest BCUT2D eigenvalue weighted by atomic mass is 32.2. The first-order chi connectivity index (χ1) is 13.5. The van der Waals surface area contributed by atoms with E-state index in [-0.39, 0.29) is 23.8 Å². The third kappa shape index (κ3) is 4.43. The summed E-state index contributed by atoms with van der Waals surface area (Å²) in [6.07, 6.45) is 3.49. The minimum Gasteiger partial charge on any atom is -0.320 e. The van der Waals surface area contributed by atoms with Crippen molar-refractivity contribution in [1.29, 1.82) is 5.26 Å². The second-order valence-corrected chi connectivity index (χ2v) is 7.52. The second-order valence-electron chi connectivity index (χ2n) is 5.75. The Labute approximate surface area is 162 Å². The molecule has 8 nitrogen and oxygen atoms in total. The van der Waals surface area contributed by atoms with E-state index >= 15 is 0 Å². The van der Waals surface area contributed by atoms with Crippen molar-refractivity contribution in [3.8, 4) is 11.8 Å². The van der Waals surface area contributed by atoms with Crippen LogP contribution in [0.3, 0.4) is 0 Å². The summed E-state index contributed by atoms with van der Waals surface area (Å²) in [7, 11) is -3.71. The van der Waals surface area contributed by atoms with Crippen molar-refractivity contribution in [2.45, 2.75) is 11.3 Å². The summed E-state index contributed by atoms with van der Waals surface area (Å²) >= 11 is 0. The first-order valence-electron chi connectivity index (χ1n) is 8.38. The number of amides is 1. The molecule has 0 aliphatic rings. The molecule has 142 valence electrons. The van der Waals surface area contributed by atoms with E-state index in [9.17, 15) is 13.2 Å². The average molecular weight is 395 g/mol. The van der Waals surface area contributed by atoms with Gasteiger partial charge >= 0.3 is 0 Å². The molecule has 0 aliphatic carbocycles. The topological polar surface area (TPSA) is 117 Å². The molecule has 0 saturated heterocycles. The molecule has 0 aliphatic heterocycles. The number of aromatic nitrogens is 2. The molecule has 0 bridgehead atoms. The predicted molar refractivity (Wildman–Crippen MR) is 103 cm³/mol. The molecule has 2 N–H and O–H groups in total. The normalized spacial score (nSPS) is 11.0. The zero-order chi connectivity index (χ0) is 20.0.